The second-order valence-corrected chi connectivity index (χ2v) is 11.8. The zero-order valence-corrected chi connectivity index (χ0v) is 13.2. The Morgan fingerprint density at radius 1 is 1.35 bits per heavy atom. The van der Waals surface area contributed by atoms with Crippen LogP contribution < -0.4 is 0 Å². The second-order valence-electron chi connectivity index (χ2n) is 6.19. The molecule has 0 aromatic carbocycles. The van der Waals surface area contributed by atoms with Gasteiger partial charge in [0.05, 0.1) is 6.20 Å². The summed E-state index contributed by atoms with van der Waals surface area (Å²) in [6.45, 7) is 7.98. The van der Waals surface area contributed by atoms with Crippen LogP contribution in [0, 0.1) is 0 Å². The molecule has 0 aliphatic rings. The average molecular weight is 310 g/mol. The summed E-state index contributed by atoms with van der Waals surface area (Å²) >= 11 is 0. The van der Waals surface area contributed by atoms with Crippen molar-refractivity contribution < 1.29 is 23.0 Å². The van der Waals surface area contributed by atoms with Crippen LogP contribution in [-0.4, -0.2) is 35.7 Å². The van der Waals surface area contributed by atoms with E-state index in [1.165, 1.54) is 4.68 Å². The summed E-state index contributed by atoms with van der Waals surface area (Å²) < 4.78 is 44.6. The van der Waals surface area contributed by atoms with E-state index in [1.807, 2.05) is 0 Å². The molecule has 0 fully saturated rings. The Balaban J connectivity index is 2.56. The Hall–Kier alpha value is -0.863. The Morgan fingerprint density at radius 3 is 2.45 bits per heavy atom. The average Bonchev–Trinajstić information content (AvgIpc) is 2.70. The van der Waals surface area contributed by atoms with Gasteiger partial charge in [-0.2, -0.15) is 18.3 Å². The number of alkyl halides is 3. The molecule has 0 amide bonds. The topological polar surface area (TPSA) is 47.3 Å². The SMILES string of the molecule is CC(O)(c1cnn(COCC[Si](C)(C)C)c1)C(F)(F)F. The summed E-state index contributed by atoms with van der Waals surface area (Å²) in [6, 6.07) is 0.974. The molecule has 1 heterocycles. The van der Waals surface area contributed by atoms with Crippen molar-refractivity contribution in [3.8, 4) is 0 Å². The van der Waals surface area contributed by atoms with Gasteiger partial charge in [0.15, 0.2) is 5.60 Å². The second kappa shape index (κ2) is 5.86. The molecule has 4 nitrogen and oxygen atoms in total. The Bertz CT molecular complexity index is 439. The van der Waals surface area contributed by atoms with Gasteiger partial charge in [-0.3, -0.25) is 0 Å². The maximum absolute atomic E-state index is 12.7. The number of ether oxygens (including phenoxy) is 1. The molecule has 0 radical (unpaired) electrons. The van der Waals surface area contributed by atoms with Crippen LogP contribution in [0.25, 0.3) is 0 Å². The van der Waals surface area contributed by atoms with E-state index < -0.39 is 19.9 Å². The highest BCUT2D eigenvalue weighted by molar-refractivity contribution is 6.76. The fourth-order valence-electron chi connectivity index (χ4n) is 1.39. The smallest absolute Gasteiger partial charge is 0.376 e. The van der Waals surface area contributed by atoms with Gasteiger partial charge >= 0.3 is 6.18 Å². The quantitative estimate of drug-likeness (QED) is 0.649. The minimum atomic E-state index is -4.74. The molecule has 1 unspecified atom stereocenters. The number of halogens is 3. The molecule has 0 aliphatic carbocycles. The van der Waals surface area contributed by atoms with Gasteiger partial charge in [0.2, 0.25) is 0 Å². The predicted octanol–water partition coefficient (Wildman–Crippen LogP) is 2.97. The molecule has 0 aliphatic heterocycles. The summed E-state index contributed by atoms with van der Waals surface area (Å²) in [6.07, 6.45) is -2.57. The van der Waals surface area contributed by atoms with Crippen LogP contribution in [0.2, 0.25) is 25.7 Å². The molecule has 0 spiro atoms. The lowest BCUT2D eigenvalue weighted by molar-refractivity contribution is -0.258. The van der Waals surface area contributed by atoms with E-state index in [2.05, 4.69) is 24.7 Å². The molecule has 1 rings (SSSR count). The van der Waals surface area contributed by atoms with E-state index in [4.69, 9.17) is 4.74 Å². The maximum atomic E-state index is 12.7. The fraction of sp³-hybridized carbons (Fsp3) is 0.750. The van der Waals surface area contributed by atoms with E-state index in [0.29, 0.717) is 13.5 Å². The molecule has 1 aromatic rings. The summed E-state index contributed by atoms with van der Waals surface area (Å²) in [5.74, 6) is 0. The maximum Gasteiger partial charge on any atom is 0.421 e. The molecule has 0 saturated heterocycles. The first-order chi connectivity index (χ1) is 8.93. The van der Waals surface area contributed by atoms with Crippen molar-refractivity contribution in [2.75, 3.05) is 6.61 Å². The lowest BCUT2D eigenvalue weighted by Gasteiger charge is -2.24. The van der Waals surface area contributed by atoms with Crippen molar-refractivity contribution in [1.29, 1.82) is 0 Å². The summed E-state index contributed by atoms with van der Waals surface area (Å²) in [4.78, 5) is 0. The molecule has 0 bridgehead atoms. The molecule has 116 valence electrons. The third-order valence-corrected chi connectivity index (χ3v) is 4.67. The fourth-order valence-corrected chi connectivity index (χ4v) is 2.14. The highest BCUT2D eigenvalue weighted by Crippen LogP contribution is 2.38. The van der Waals surface area contributed by atoms with Crippen LogP contribution in [0.4, 0.5) is 13.2 Å². The highest BCUT2D eigenvalue weighted by atomic mass is 28.3. The third-order valence-electron chi connectivity index (χ3n) is 2.97. The monoisotopic (exact) mass is 310 g/mol. The summed E-state index contributed by atoms with van der Waals surface area (Å²) in [7, 11) is -1.19. The van der Waals surface area contributed by atoms with E-state index in [-0.39, 0.29) is 12.3 Å². The zero-order chi connectivity index (χ0) is 15.6. The Morgan fingerprint density at radius 2 is 1.95 bits per heavy atom. The van der Waals surface area contributed by atoms with Crippen molar-refractivity contribution >= 4 is 8.07 Å². The van der Waals surface area contributed by atoms with Crippen LogP contribution in [0.15, 0.2) is 12.4 Å². The molecular formula is C12H21F3N2O2Si. The number of aliphatic hydroxyl groups is 1. The van der Waals surface area contributed by atoms with E-state index in [9.17, 15) is 18.3 Å². The molecule has 1 atom stereocenters. The molecule has 20 heavy (non-hydrogen) atoms. The zero-order valence-electron chi connectivity index (χ0n) is 12.2. The van der Waals surface area contributed by atoms with Crippen LogP contribution >= 0.6 is 0 Å². The van der Waals surface area contributed by atoms with Crippen LogP contribution in [-0.2, 0) is 17.1 Å². The number of hydrogen-bond acceptors (Lipinski definition) is 3. The van der Waals surface area contributed by atoms with Gasteiger partial charge in [-0.25, -0.2) is 4.68 Å². The van der Waals surface area contributed by atoms with Crippen molar-refractivity contribution in [1.82, 2.24) is 9.78 Å². The van der Waals surface area contributed by atoms with Crippen LogP contribution in [0.3, 0.4) is 0 Å². The van der Waals surface area contributed by atoms with E-state index in [1.54, 1.807) is 0 Å². The van der Waals surface area contributed by atoms with Gasteiger partial charge in [0.1, 0.15) is 6.73 Å². The number of hydrogen-bond donors (Lipinski definition) is 1. The number of nitrogens with zero attached hydrogens (tertiary/aromatic N) is 2. The molecular weight excluding hydrogens is 289 g/mol. The predicted molar refractivity (Wildman–Crippen MR) is 72.0 cm³/mol. The third kappa shape index (κ3) is 4.60. The van der Waals surface area contributed by atoms with Crippen molar-refractivity contribution in [2.45, 2.75) is 51.1 Å². The first-order valence-electron chi connectivity index (χ1n) is 6.33. The van der Waals surface area contributed by atoms with Crippen molar-refractivity contribution in [2.24, 2.45) is 0 Å². The van der Waals surface area contributed by atoms with Gasteiger partial charge in [-0.1, -0.05) is 19.6 Å². The van der Waals surface area contributed by atoms with Crippen molar-refractivity contribution in [3.05, 3.63) is 18.0 Å². The largest absolute Gasteiger partial charge is 0.421 e. The molecule has 8 heteroatoms. The van der Waals surface area contributed by atoms with Gasteiger partial charge in [0, 0.05) is 26.4 Å². The van der Waals surface area contributed by atoms with Crippen molar-refractivity contribution in [3.63, 3.8) is 0 Å². The van der Waals surface area contributed by atoms with Crippen LogP contribution in [0.1, 0.15) is 12.5 Å². The normalized spacial score (nSPS) is 16.2. The van der Waals surface area contributed by atoms with Gasteiger partial charge in [-0.15, -0.1) is 0 Å². The van der Waals surface area contributed by atoms with Crippen LogP contribution in [0.5, 0.6) is 0 Å². The minimum Gasteiger partial charge on any atom is -0.376 e. The first kappa shape index (κ1) is 17.2. The lowest BCUT2D eigenvalue weighted by atomic mass is 9.99. The van der Waals surface area contributed by atoms with Gasteiger partial charge < -0.3 is 9.84 Å². The molecule has 0 saturated carbocycles. The van der Waals surface area contributed by atoms with Gasteiger partial charge in [-0.05, 0) is 13.0 Å². The molecule has 1 aromatic heterocycles. The molecule has 1 N–H and O–H groups in total. The van der Waals surface area contributed by atoms with E-state index >= 15 is 0 Å². The lowest BCUT2D eigenvalue weighted by Crippen LogP contribution is -2.38. The minimum absolute atomic E-state index is 0.0818. The summed E-state index contributed by atoms with van der Waals surface area (Å²) in [5.41, 5.74) is -3.19. The van der Waals surface area contributed by atoms with E-state index in [0.717, 1.165) is 18.4 Å². The Kier molecular flexibility index (Phi) is 5.04. The number of aromatic nitrogens is 2. The summed E-state index contributed by atoms with van der Waals surface area (Å²) in [5, 5.41) is 13.3. The first-order valence-corrected chi connectivity index (χ1v) is 10.0. The Labute approximate surface area is 117 Å². The number of rotatable bonds is 6. The highest BCUT2D eigenvalue weighted by Gasteiger charge is 2.51. The standard InChI is InChI=1S/C12H21F3N2O2Si/c1-11(18,12(13,14)15)10-7-16-17(8-10)9-19-5-6-20(2,3)4/h7-8,18H,5-6,9H2,1-4H3. The van der Waals surface area contributed by atoms with Gasteiger partial charge in [0.25, 0.3) is 0 Å².